The van der Waals surface area contributed by atoms with Gasteiger partial charge < -0.3 is 14.5 Å². The van der Waals surface area contributed by atoms with Crippen LogP contribution in [-0.2, 0) is 16.1 Å². The normalized spacial score (nSPS) is 18.4. The Labute approximate surface area is 173 Å². The number of hydrogen-bond donors (Lipinski definition) is 0. The number of piperidine rings is 1. The lowest BCUT2D eigenvalue weighted by Gasteiger charge is -2.30. The van der Waals surface area contributed by atoms with Gasteiger partial charge in [-0.2, -0.15) is 0 Å². The molecule has 8 nitrogen and oxygen atoms in total. The lowest BCUT2D eigenvalue weighted by molar-refractivity contribution is -0.135. The lowest BCUT2D eigenvalue weighted by Crippen LogP contribution is -2.43. The Bertz CT molecular complexity index is 984. The minimum absolute atomic E-state index is 0.0206. The molecule has 2 aliphatic heterocycles. The summed E-state index contributed by atoms with van der Waals surface area (Å²) in [4.78, 5) is 47.6. The SMILES string of the molecule is Cc1c(C(=O)N2CCC(C)CC2)sc2ncn(CC(=O)N3CCOCC3)c(=O)c12. The summed E-state index contributed by atoms with van der Waals surface area (Å²) in [6, 6.07) is 0. The molecule has 0 unspecified atom stereocenters. The van der Waals surface area contributed by atoms with Crippen LogP contribution in [0.15, 0.2) is 11.1 Å². The van der Waals surface area contributed by atoms with Crippen molar-refractivity contribution < 1.29 is 14.3 Å². The van der Waals surface area contributed by atoms with Gasteiger partial charge in [0.25, 0.3) is 11.5 Å². The molecule has 0 aromatic carbocycles. The Hall–Kier alpha value is -2.26. The number of aromatic nitrogens is 2. The van der Waals surface area contributed by atoms with Gasteiger partial charge in [0.15, 0.2) is 0 Å². The maximum atomic E-state index is 13.0. The number of thiophene rings is 1. The van der Waals surface area contributed by atoms with E-state index in [4.69, 9.17) is 4.74 Å². The molecular weight excluding hydrogens is 392 g/mol. The minimum Gasteiger partial charge on any atom is -0.378 e. The number of carbonyl (C=O) groups excluding carboxylic acids is 2. The van der Waals surface area contributed by atoms with Gasteiger partial charge in [-0.05, 0) is 31.2 Å². The quantitative estimate of drug-likeness (QED) is 0.754. The second kappa shape index (κ2) is 8.23. The van der Waals surface area contributed by atoms with Crippen molar-refractivity contribution in [1.82, 2.24) is 19.4 Å². The van der Waals surface area contributed by atoms with Gasteiger partial charge in [0, 0.05) is 26.2 Å². The van der Waals surface area contributed by atoms with Gasteiger partial charge in [-0.1, -0.05) is 6.92 Å². The van der Waals surface area contributed by atoms with Crippen LogP contribution in [0.1, 0.15) is 35.0 Å². The number of amides is 2. The maximum absolute atomic E-state index is 13.0. The molecule has 9 heteroatoms. The lowest BCUT2D eigenvalue weighted by atomic mass is 9.99. The molecule has 0 N–H and O–H groups in total. The highest BCUT2D eigenvalue weighted by atomic mass is 32.1. The van der Waals surface area contributed by atoms with Gasteiger partial charge in [0.1, 0.15) is 11.4 Å². The van der Waals surface area contributed by atoms with Crippen LogP contribution < -0.4 is 5.56 Å². The van der Waals surface area contributed by atoms with Crippen molar-refractivity contribution in [3.8, 4) is 0 Å². The van der Waals surface area contributed by atoms with Gasteiger partial charge in [-0.3, -0.25) is 19.0 Å². The molecule has 0 radical (unpaired) electrons. The second-order valence-electron chi connectivity index (χ2n) is 7.88. The molecule has 2 fully saturated rings. The number of rotatable bonds is 3. The molecule has 0 aliphatic carbocycles. The van der Waals surface area contributed by atoms with E-state index in [1.54, 1.807) is 11.8 Å². The van der Waals surface area contributed by atoms with Gasteiger partial charge in [-0.25, -0.2) is 4.98 Å². The van der Waals surface area contributed by atoms with E-state index in [0.717, 1.165) is 25.9 Å². The van der Waals surface area contributed by atoms with Crippen LogP contribution in [0.4, 0.5) is 0 Å². The first kappa shape index (κ1) is 20.0. The summed E-state index contributed by atoms with van der Waals surface area (Å²) in [6.07, 6.45) is 3.42. The summed E-state index contributed by atoms with van der Waals surface area (Å²) in [5, 5.41) is 0.445. The third-order valence-electron chi connectivity index (χ3n) is 5.85. The van der Waals surface area contributed by atoms with E-state index in [-0.39, 0.29) is 23.9 Å². The van der Waals surface area contributed by atoms with E-state index in [1.807, 2.05) is 4.90 Å². The fourth-order valence-electron chi connectivity index (χ4n) is 3.89. The number of nitrogens with zero attached hydrogens (tertiary/aromatic N) is 4. The average Bonchev–Trinajstić information content (AvgIpc) is 3.08. The highest BCUT2D eigenvalue weighted by Crippen LogP contribution is 2.29. The number of ether oxygens (including phenoxy) is 1. The number of hydrogen-bond acceptors (Lipinski definition) is 6. The molecule has 0 saturated carbocycles. The molecule has 2 saturated heterocycles. The third kappa shape index (κ3) is 3.93. The summed E-state index contributed by atoms with van der Waals surface area (Å²) >= 11 is 1.27. The zero-order valence-electron chi connectivity index (χ0n) is 16.8. The largest absolute Gasteiger partial charge is 0.378 e. The van der Waals surface area contributed by atoms with E-state index in [0.29, 0.717) is 52.9 Å². The fourth-order valence-corrected chi connectivity index (χ4v) is 5.00. The van der Waals surface area contributed by atoms with Crippen molar-refractivity contribution in [3.05, 3.63) is 27.1 Å². The van der Waals surface area contributed by atoms with E-state index >= 15 is 0 Å². The van der Waals surface area contributed by atoms with Crippen molar-refractivity contribution in [1.29, 1.82) is 0 Å². The summed E-state index contributed by atoms with van der Waals surface area (Å²) in [7, 11) is 0. The zero-order valence-corrected chi connectivity index (χ0v) is 17.7. The molecule has 156 valence electrons. The molecule has 2 aromatic heterocycles. The zero-order chi connectivity index (χ0) is 20.5. The van der Waals surface area contributed by atoms with Crippen LogP contribution in [-0.4, -0.2) is 70.6 Å². The topological polar surface area (TPSA) is 84.7 Å². The number of likely N-dealkylation sites (tertiary alicyclic amines) is 1. The molecule has 2 aliphatic rings. The van der Waals surface area contributed by atoms with E-state index in [9.17, 15) is 14.4 Å². The van der Waals surface area contributed by atoms with E-state index in [1.165, 1.54) is 22.2 Å². The van der Waals surface area contributed by atoms with E-state index in [2.05, 4.69) is 11.9 Å². The van der Waals surface area contributed by atoms with Crippen LogP contribution in [0.25, 0.3) is 10.2 Å². The van der Waals surface area contributed by atoms with Crippen molar-refractivity contribution in [2.45, 2.75) is 33.2 Å². The smallest absolute Gasteiger partial charge is 0.264 e. The summed E-state index contributed by atoms with van der Waals surface area (Å²) in [6.45, 7) is 7.56. The highest BCUT2D eigenvalue weighted by molar-refractivity contribution is 7.20. The van der Waals surface area contributed by atoms with Gasteiger partial charge in [0.2, 0.25) is 5.91 Å². The molecule has 2 amide bonds. The molecule has 0 bridgehead atoms. The number of aryl methyl sites for hydroxylation is 1. The number of carbonyl (C=O) groups is 2. The standard InChI is InChI=1S/C20H26N4O4S/c1-13-3-5-23(6-4-13)20(27)17-14(2)16-18(29-17)21-12-24(19(16)26)11-15(25)22-7-9-28-10-8-22/h12-13H,3-11H2,1-2H3. The molecule has 4 heterocycles. The fraction of sp³-hybridized carbons (Fsp3) is 0.600. The van der Waals surface area contributed by atoms with Crippen molar-refractivity contribution in [2.24, 2.45) is 5.92 Å². The van der Waals surface area contributed by atoms with Crippen LogP contribution in [0.3, 0.4) is 0 Å². The molecule has 2 aromatic rings. The van der Waals surface area contributed by atoms with Gasteiger partial charge in [-0.15, -0.1) is 11.3 Å². The number of fused-ring (bicyclic) bond motifs is 1. The van der Waals surface area contributed by atoms with Crippen molar-refractivity contribution in [2.75, 3.05) is 39.4 Å². The Morgan fingerprint density at radius 2 is 1.86 bits per heavy atom. The summed E-state index contributed by atoms with van der Waals surface area (Å²) in [5.41, 5.74) is 0.399. The third-order valence-corrected chi connectivity index (χ3v) is 7.04. The molecule has 29 heavy (non-hydrogen) atoms. The molecule has 4 rings (SSSR count). The Kier molecular flexibility index (Phi) is 5.69. The first-order valence-electron chi connectivity index (χ1n) is 10.1. The predicted molar refractivity (Wildman–Crippen MR) is 110 cm³/mol. The maximum Gasteiger partial charge on any atom is 0.264 e. The Morgan fingerprint density at radius 3 is 2.55 bits per heavy atom. The van der Waals surface area contributed by atoms with Crippen LogP contribution in [0.2, 0.25) is 0 Å². The highest BCUT2D eigenvalue weighted by Gasteiger charge is 2.27. The Morgan fingerprint density at radius 1 is 1.17 bits per heavy atom. The first-order valence-corrected chi connectivity index (χ1v) is 10.9. The molecule has 0 atom stereocenters. The first-order chi connectivity index (χ1) is 14.0. The summed E-state index contributed by atoms with van der Waals surface area (Å²) < 4.78 is 6.61. The van der Waals surface area contributed by atoms with Gasteiger partial charge in [0.05, 0.1) is 29.8 Å². The molecular formula is C20H26N4O4S. The monoisotopic (exact) mass is 418 g/mol. The van der Waals surface area contributed by atoms with Crippen LogP contribution in [0.5, 0.6) is 0 Å². The van der Waals surface area contributed by atoms with Crippen molar-refractivity contribution >= 4 is 33.4 Å². The van der Waals surface area contributed by atoms with Gasteiger partial charge >= 0.3 is 0 Å². The number of morpholine rings is 1. The molecule has 0 spiro atoms. The second-order valence-corrected chi connectivity index (χ2v) is 8.88. The van der Waals surface area contributed by atoms with E-state index < -0.39 is 0 Å². The predicted octanol–water partition coefficient (Wildman–Crippen LogP) is 1.50. The minimum atomic E-state index is -0.267. The van der Waals surface area contributed by atoms with Crippen LogP contribution >= 0.6 is 11.3 Å². The summed E-state index contributed by atoms with van der Waals surface area (Å²) in [5.74, 6) is 0.497. The van der Waals surface area contributed by atoms with Crippen LogP contribution in [0, 0.1) is 12.8 Å². The van der Waals surface area contributed by atoms with Crippen molar-refractivity contribution in [3.63, 3.8) is 0 Å². The Balaban J connectivity index is 1.59. The average molecular weight is 419 g/mol.